The summed E-state index contributed by atoms with van der Waals surface area (Å²) in [4.78, 5) is 40.6. The van der Waals surface area contributed by atoms with E-state index in [1.807, 2.05) is 0 Å². The number of carbonyl (C=O) groups excluding carboxylic acids is 3. The van der Waals surface area contributed by atoms with Crippen molar-refractivity contribution in [1.29, 1.82) is 0 Å². The van der Waals surface area contributed by atoms with E-state index >= 15 is 0 Å². The van der Waals surface area contributed by atoms with E-state index in [9.17, 15) is 14.4 Å². The first-order chi connectivity index (χ1) is 9.62. The molecule has 5 aliphatic rings. The lowest BCUT2D eigenvalue weighted by Crippen LogP contribution is -2.71. The molecular formula is C14H19N3O3. The van der Waals surface area contributed by atoms with E-state index in [0.29, 0.717) is 18.8 Å². The van der Waals surface area contributed by atoms with Gasteiger partial charge in [0, 0.05) is 6.54 Å². The summed E-state index contributed by atoms with van der Waals surface area (Å²) in [5.74, 6) is -0.215. The summed E-state index contributed by atoms with van der Waals surface area (Å²) in [7, 11) is 0. The third-order valence-electron chi connectivity index (χ3n) is 5.66. The van der Waals surface area contributed by atoms with Crippen molar-refractivity contribution in [2.24, 2.45) is 11.3 Å². The van der Waals surface area contributed by atoms with Gasteiger partial charge in [0.25, 0.3) is 0 Å². The van der Waals surface area contributed by atoms with Gasteiger partial charge in [0.2, 0.25) is 11.8 Å². The quantitative estimate of drug-likeness (QED) is 0.701. The molecule has 2 bridgehead atoms. The van der Waals surface area contributed by atoms with E-state index in [0.717, 1.165) is 38.9 Å². The number of amides is 4. The number of carbonyl (C=O) groups is 3. The number of hydrogen-bond donors (Lipinski definition) is 1. The summed E-state index contributed by atoms with van der Waals surface area (Å²) in [6.07, 6.45) is 4.15. The molecule has 6 heteroatoms. The molecule has 5 rings (SSSR count). The number of urea groups is 1. The monoisotopic (exact) mass is 277 g/mol. The summed E-state index contributed by atoms with van der Waals surface area (Å²) in [6.45, 7) is 2.90. The van der Waals surface area contributed by atoms with Gasteiger partial charge in [-0.15, -0.1) is 0 Å². The maximum atomic E-state index is 12.8. The molecule has 5 fully saturated rings. The van der Waals surface area contributed by atoms with Gasteiger partial charge >= 0.3 is 6.03 Å². The minimum absolute atomic E-state index is 0.0458. The number of rotatable bonds is 1. The van der Waals surface area contributed by atoms with Gasteiger partial charge in [0.1, 0.15) is 5.41 Å². The van der Waals surface area contributed by atoms with E-state index in [4.69, 9.17) is 0 Å². The molecule has 6 nitrogen and oxygen atoms in total. The van der Waals surface area contributed by atoms with Crippen molar-refractivity contribution in [3.05, 3.63) is 0 Å². The lowest BCUT2D eigenvalue weighted by Gasteiger charge is -2.52. The van der Waals surface area contributed by atoms with Crippen LogP contribution in [0.5, 0.6) is 0 Å². The molecule has 1 atom stereocenters. The van der Waals surface area contributed by atoms with Crippen molar-refractivity contribution in [2.75, 3.05) is 19.6 Å². The van der Waals surface area contributed by atoms with Gasteiger partial charge in [-0.25, -0.2) is 4.79 Å². The van der Waals surface area contributed by atoms with E-state index in [1.54, 1.807) is 0 Å². The highest BCUT2D eigenvalue weighted by molar-refractivity contribution is 6.19. The molecule has 4 heterocycles. The fourth-order valence-corrected chi connectivity index (χ4v) is 4.20. The first kappa shape index (κ1) is 12.3. The van der Waals surface area contributed by atoms with Crippen LogP contribution in [0, 0.1) is 11.3 Å². The number of barbiturate groups is 1. The highest BCUT2D eigenvalue weighted by atomic mass is 16.2. The summed E-state index contributed by atoms with van der Waals surface area (Å²) < 4.78 is 0. The molecule has 1 unspecified atom stereocenters. The average Bonchev–Trinajstić information content (AvgIpc) is 2.38. The number of piperidine rings is 3. The third kappa shape index (κ3) is 1.45. The van der Waals surface area contributed by atoms with Crippen LogP contribution in [-0.2, 0) is 9.59 Å². The summed E-state index contributed by atoms with van der Waals surface area (Å²) in [6, 6.07) is -0.549. The molecule has 1 saturated carbocycles. The van der Waals surface area contributed by atoms with Crippen molar-refractivity contribution in [1.82, 2.24) is 15.1 Å². The van der Waals surface area contributed by atoms with Crippen LogP contribution in [0.2, 0.25) is 0 Å². The molecule has 0 aromatic rings. The van der Waals surface area contributed by atoms with Crippen LogP contribution < -0.4 is 5.32 Å². The summed E-state index contributed by atoms with van der Waals surface area (Å²) in [5.41, 5.74) is -0.931. The van der Waals surface area contributed by atoms with Gasteiger partial charge in [-0.3, -0.25) is 19.8 Å². The van der Waals surface area contributed by atoms with Crippen molar-refractivity contribution in [3.63, 3.8) is 0 Å². The second-order valence-electron chi connectivity index (χ2n) is 6.58. The van der Waals surface area contributed by atoms with E-state index in [-0.39, 0.29) is 17.9 Å². The second kappa shape index (κ2) is 4.04. The maximum absolute atomic E-state index is 12.8. The van der Waals surface area contributed by atoms with E-state index in [2.05, 4.69) is 10.2 Å². The van der Waals surface area contributed by atoms with Crippen molar-refractivity contribution >= 4 is 17.8 Å². The van der Waals surface area contributed by atoms with Crippen LogP contribution in [-0.4, -0.2) is 53.3 Å². The highest BCUT2D eigenvalue weighted by Crippen LogP contribution is 2.46. The number of nitrogens with one attached hydrogen (secondary N) is 1. The molecule has 0 radical (unpaired) electrons. The Balaban J connectivity index is 1.65. The zero-order valence-corrected chi connectivity index (χ0v) is 11.4. The average molecular weight is 277 g/mol. The smallest absolute Gasteiger partial charge is 0.301 e. The maximum Gasteiger partial charge on any atom is 0.331 e. The molecule has 4 aliphatic heterocycles. The Morgan fingerprint density at radius 3 is 2.30 bits per heavy atom. The standard InChI is InChI=1S/C14H19N3O3/c18-11-14(4-1-5-14)12(19)17(13(20)15-11)10-8-16-6-2-9(10)3-7-16/h9-10H,1-8H2,(H,15,18,20). The lowest BCUT2D eigenvalue weighted by atomic mass is 9.65. The van der Waals surface area contributed by atoms with Crippen LogP contribution in [0.1, 0.15) is 32.1 Å². The Hall–Kier alpha value is -1.43. The van der Waals surface area contributed by atoms with Gasteiger partial charge in [0.05, 0.1) is 6.04 Å². The lowest BCUT2D eigenvalue weighted by molar-refractivity contribution is -0.161. The first-order valence-corrected chi connectivity index (χ1v) is 7.53. The van der Waals surface area contributed by atoms with Gasteiger partial charge in [-0.2, -0.15) is 0 Å². The Bertz CT molecular complexity index is 492. The predicted octanol–water partition coefficient (Wildman–Crippen LogP) is 0.329. The molecular weight excluding hydrogens is 258 g/mol. The zero-order chi connectivity index (χ0) is 13.9. The van der Waals surface area contributed by atoms with Gasteiger partial charge < -0.3 is 4.90 Å². The molecule has 4 saturated heterocycles. The number of hydrogen-bond acceptors (Lipinski definition) is 4. The molecule has 0 aromatic carbocycles. The summed E-state index contributed by atoms with van der Waals surface area (Å²) in [5, 5.41) is 2.42. The Morgan fingerprint density at radius 1 is 1.10 bits per heavy atom. The second-order valence-corrected chi connectivity index (χ2v) is 6.58. The number of imide groups is 2. The minimum atomic E-state index is -0.931. The largest absolute Gasteiger partial charge is 0.331 e. The molecule has 20 heavy (non-hydrogen) atoms. The Kier molecular flexibility index (Phi) is 2.49. The molecule has 108 valence electrons. The van der Waals surface area contributed by atoms with Crippen LogP contribution in [0.3, 0.4) is 0 Å². The molecule has 1 spiro atoms. The highest BCUT2D eigenvalue weighted by Gasteiger charge is 2.59. The fourth-order valence-electron chi connectivity index (χ4n) is 4.20. The predicted molar refractivity (Wildman–Crippen MR) is 69.6 cm³/mol. The molecule has 0 aromatic heterocycles. The van der Waals surface area contributed by atoms with E-state index in [1.165, 1.54) is 4.90 Å². The number of nitrogens with zero attached hydrogens (tertiary/aromatic N) is 2. The van der Waals surface area contributed by atoms with Crippen LogP contribution in [0.4, 0.5) is 4.79 Å². The van der Waals surface area contributed by atoms with Crippen LogP contribution >= 0.6 is 0 Å². The van der Waals surface area contributed by atoms with Crippen molar-refractivity contribution in [2.45, 2.75) is 38.1 Å². The normalized spacial score (nSPS) is 38.9. The molecule has 1 aliphatic carbocycles. The van der Waals surface area contributed by atoms with Crippen LogP contribution in [0.25, 0.3) is 0 Å². The number of fused-ring (bicyclic) bond motifs is 3. The van der Waals surface area contributed by atoms with Crippen LogP contribution in [0.15, 0.2) is 0 Å². The van der Waals surface area contributed by atoms with E-state index < -0.39 is 11.4 Å². The SMILES string of the molecule is O=C1NC(=O)C2(CCC2)C(=O)N1C1CN2CCC1CC2. The molecule has 1 N–H and O–H groups in total. The van der Waals surface area contributed by atoms with Crippen molar-refractivity contribution < 1.29 is 14.4 Å². The van der Waals surface area contributed by atoms with Gasteiger partial charge in [-0.05, 0) is 44.7 Å². The van der Waals surface area contributed by atoms with Crippen molar-refractivity contribution in [3.8, 4) is 0 Å². The zero-order valence-electron chi connectivity index (χ0n) is 11.4. The van der Waals surface area contributed by atoms with Gasteiger partial charge in [-0.1, -0.05) is 6.42 Å². The third-order valence-corrected chi connectivity index (χ3v) is 5.66. The minimum Gasteiger partial charge on any atom is -0.301 e. The Labute approximate surface area is 117 Å². The molecule has 4 amide bonds. The summed E-state index contributed by atoms with van der Waals surface area (Å²) >= 11 is 0. The van der Waals surface area contributed by atoms with Gasteiger partial charge in [0.15, 0.2) is 0 Å². The topological polar surface area (TPSA) is 69.7 Å². The fraction of sp³-hybridized carbons (Fsp3) is 0.786. The first-order valence-electron chi connectivity index (χ1n) is 7.53. The Morgan fingerprint density at radius 2 is 1.80 bits per heavy atom.